The van der Waals surface area contributed by atoms with Gasteiger partial charge in [0.25, 0.3) is 17.7 Å². The number of nitrogens with one attached hydrogen (secondary N) is 2. The number of aryl methyl sites for hydroxylation is 1. The molecule has 3 amide bonds. The zero-order valence-electron chi connectivity index (χ0n) is 19.9. The highest BCUT2D eigenvalue weighted by molar-refractivity contribution is 6.48. The third-order valence-electron chi connectivity index (χ3n) is 6.41. The van der Waals surface area contributed by atoms with Gasteiger partial charge in [-0.2, -0.15) is 0 Å². The summed E-state index contributed by atoms with van der Waals surface area (Å²) in [5.41, 5.74) is 2.18. The van der Waals surface area contributed by atoms with Crippen molar-refractivity contribution in [2.75, 3.05) is 24.9 Å². The molecule has 2 N–H and O–H groups in total. The SMILES string of the molecule is COc1ccc(NC(=O)c2ccc(C)c(NC3=C(Cl)C(=O)N(C4CCCCC4)C3=O)c2)c(OC)c1. The number of hydrogen-bond acceptors (Lipinski definition) is 6. The van der Waals surface area contributed by atoms with Crippen molar-refractivity contribution in [1.29, 1.82) is 0 Å². The van der Waals surface area contributed by atoms with Crippen molar-refractivity contribution in [2.24, 2.45) is 0 Å². The van der Waals surface area contributed by atoms with Crippen LogP contribution in [0.3, 0.4) is 0 Å². The minimum Gasteiger partial charge on any atom is -0.497 e. The number of imide groups is 1. The molecule has 4 rings (SSSR count). The summed E-state index contributed by atoms with van der Waals surface area (Å²) in [6, 6.07) is 10.0. The predicted molar refractivity (Wildman–Crippen MR) is 134 cm³/mol. The molecule has 2 aliphatic rings. The van der Waals surface area contributed by atoms with E-state index in [0.29, 0.717) is 28.4 Å². The highest BCUT2D eigenvalue weighted by Crippen LogP contribution is 2.33. The Labute approximate surface area is 209 Å². The van der Waals surface area contributed by atoms with Gasteiger partial charge < -0.3 is 20.1 Å². The number of rotatable bonds is 7. The smallest absolute Gasteiger partial charge is 0.279 e. The number of nitrogens with zero attached hydrogens (tertiary/aromatic N) is 1. The van der Waals surface area contributed by atoms with Crippen LogP contribution in [0.4, 0.5) is 11.4 Å². The van der Waals surface area contributed by atoms with Gasteiger partial charge in [-0.05, 0) is 49.6 Å². The van der Waals surface area contributed by atoms with E-state index < -0.39 is 11.8 Å². The molecule has 0 aromatic heterocycles. The van der Waals surface area contributed by atoms with E-state index in [2.05, 4.69) is 10.6 Å². The predicted octanol–water partition coefficient (Wildman–Crippen LogP) is 4.83. The summed E-state index contributed by atoms with van der Waals surface area (Å²) < 4.78 is 10.5. The second kappa shape index (κ2) is 10.4. The Balaban J connectivity index is 1.54. The van der Waals surface area contributed by atoms with E-state index in [-0.39, 0.29) is 22.7 Å². The molecule has 0 unspecified atom stereocenters. The van der Waals surface area contributed by atoms with E-state index in [1.54, 1.807) is 43.5 Å². The van der Waals surface area contributed by atoms with Gasteiger partial charge in [0.15, 0.2) is 0 Å². The van der Waals surface area contributed by atoms with E-state index in [1.807, 2.05) is 6.92 Å². The van der Waals surface area contributed by atoms with Crippen molar-refractivity contribution in [3.05, 3.63) is 58.3 Å². The second-order valence-electron chi connectivity index (χ2n) is 8.64. The lowest BCUT2D eigenvalue weighted by molar-refractivity contribution is -0.140. The average molecular weight is 498 g/mol. The van der Waals surface area contributed by atoms with Crippen LogP contribution in [0.2, 0.25) is 0 Å². The quantitative estimate of drug-likeness (QED) is 0.532. The maximum absolute atomic E-state index is 13.1. The fourth-order valence-corrected chi connectivity index (χ4v) is 4.65. The van der Waals surface area contributed by atoms with Crippen molar-refractivity contribution in [3.63, 3.8) is 0 Å². The summed E-state index contributed by atoms with van der Waals surface area (Å²) in [5, 5.41) is 5.72. The Kier molecular flexibility index (Phi) is 7.31. The highest BCUT2D eigenvalue weighted by atomic mass is 35.5. The number of anilines is 2. The average Bonchev–Trinajstić information content (AvgIpc) is 3.08. The molecule has 0 spiro atoms. The topological polar surface area (TPSA) is 97.0 Å². The van der Waals surface area contributed by atoms with E-state index in [0.717, 1.165) is 37.7 Å². The molecule has 0 bridgehead atoms. The van der Waals surface area contributed by atoms with Gasteiger partial charge in [0.1, 0.15) is 22.2 Å². The van der Waals surface area contributed by atoms with Gasteiger partial charge >= 0.3 is 0 Å². The molecule has 35 heavy (non-hydrogen) atoms. The van der Waals surface area contributed by atoms with Crippen LogP contribution in [0.1, 0.15) is 48.0 Å². The molecule has 1 heterocycles. The first-order chi connectivity index (χ1) is 16.8. The lowest BCUT2D eigenvalue weighted by atomic mass is 9.94. The Morgan fingerprint density at radius 3 is 2.40 bits per heavy atom. The zero-order valence-corrected chi connectivity index (χ0v) is 20.7. The standard InChI is InChI=1S/C26H28ClN3O5/c1-15-9-10-16(24(31)29-19-12-11-18(34-2)14-21(19)35-3)13-20(15)28-23-22(27)25(32)30(26(23)33)17-7-5-4-6-8-17/h9-14,17,28H,4-8H2,1-3H3,(H,29,31). The Morgan fingerprint density at radius 1 is 0.971 bits per heavy atom. The molecular formula is C26H28ClN3O5. The second-order valence-corrected chi connectivity index (χ2v) is 9.01. The number of halogens is 1. The van der Waals surface area contributed by atoms with Crippen LogP contribution in [0.15, 0.2) is 47.1 Å². The van der Waals surface area contributed by atoms with Gasteiger partial charge in [-0.1, -0.05) is 36.9 Å². The lowest BCUT2D eigenvalue weighted by Crippen LogP contribution is -2.42. The number of benzene rings is 2. The molecule has 2 aromatic carbocycles. The van der Waals surface area contributed by atoms with Crippen LogP contribution < -0.4 is 20.1 Å². The molecule has 0 radical (unpaired) electrons. The van der Waals surface area contributed by atoms with Crippen molar-refractivity contribution in [3.8, 4) is 11.5 Å². The number of carbonyl (C=O) groups excluding carboxylic acids is 3. The molecule has 1 saturated carbocycles. The molecular weight excluding hydrogens is 470 g/mol. The van der Waals surface area contributed by atoms with Crippen LogP contribution >= 0.6 is 11.6 Å². The normalized spacial score (nSPS) is 16.5. The van der Waals surface area contributed by atoms with E-state index in [1.165, 1.54) is 12.0 Å². The summed E-state index contributed by atoms with van der Waals surface area (Å²) in [7, 11) is 3.05. The van der Waals surface area contributed by atoms with Gasteiger partial charge in [-0.25, -0.2) is 0 Å². The van der Waals surface area contributed by atoms with Crippen molar-refractivity contribution in [1.82, 2.24) is 4.90 Å². The van der Waals surface area contributed by atoms with Crippen LogP contribution in [-0.2, 0) is 9.59 Å². The monoisotopic (exact) mass is 497 g/mol. The summed E-state index contributed by atoms with van der Waals surface area (Å²) in [5.74, 6) is -0.203. The van der Waals surface area contributed by atoms with Crippen molar-refractivity contribution in [2.45, 2.75) is 45.1 Å². The van der Waals surface area contributed by atoms with Crippen molar-refractivity contribution >= 4 is 40.7 Å². The van der Waals surface area contributed by atoms with Gasteiger partial charge in [0, 0.05) is 23.4 Å². The minimum absolute atomic E-state index is 0.0414. The van der Waals surface area contributed by atoms with Crippen LogP contribution in [-0.4, -0.2) is 42.9 Å². The number of hydrogen-bond donors (Lipinski definition) is 2. The first kappa shape index (κ1) is 24.6. The number of carbonyl (C=O) groups is 3. The first-order valence-corrected chi connectivity index (χ1v) is 11.9. The maximum Gasteiger partial charge on any atom is 0.279 e. The number of ether oxygens (including phenoxy) is 2. The van der Waals surface area contributed by atoms with Crippen LogP contribution in [0.25, 0.3) is 0 Å². The Morgan fingerprint density at radius 2 is 1.71 bits per heavy atom. The zero-order chi connectivity index (χ0) is 25.1. The molecule has 8 nitrogen and oxygen atoms in total. The summed E-state index contributed by atoms with van der Waals surface area (Å²) in [4.78, 5) is 40.2. The van der Waals surface area contributed by atoms with Crippen LogP contribution in [0.5, 0.6) is 11.5 Å². The minimum atomic E-state index is -0.468. The third kappa shape index (κ3) is 4.98. The first-order valence-electron chi connectivity index (χ1n) is 11.5. The maximum atomic E-state index is 13.1. The fourth-order valence-electron chi connectivity index (χ4n) is 4.43. The molecule has 184 valence electrons. The molecule has 1 fully saturated rings. The largest absolute Gasteiger partial charge is 0.497 e. The van der Waals surface area contributed by atoms with Gasteiger partial charge in [-0.3, -0.25) is 19.3 Å². The molecule has 1 aliphatic carbocycles. The highest BCUT2D eigenvalue weighted by Gasteiger charge is 2.42. The molecule has 0 saturated heterocycles. The van der Waals surface area contributed by atoms with Gasteiger partial charge in [0.2, 0.25) is 0 Å². The molecule has 2 aromatic rings. The molecule has 1 aliphatic heterocycles. The van der Waals surface area contributed by atoms with Gasteiger partial charge in [-0.15, -0.1) is 0 Å². The lowest BCUT2D eigenvalue weighted by Gasteiger charge is -2.29. The van der Waals surface area contributed by atoms with E-state index in [4.69, 9.17) is 21.1 Å². The molecule has 0 atom stereocenters. The third-order valence-corrected chi connectivity index (χ3v) is 6.77. The Bertz CT molecular complexity index is 1200. The van der Waals surface area contributed by atoms with Crippen molar-refractivity contribution < 1.29 is 23.9 Å². The Hall–Kier alpha value is -3.52. The number of amides is 3. The summed E-state index contributed by atoms with van der Waals surface area (Å²) in [6.07, 6.45) is 4.65. The van der Waals surface area contributed by atoms with E-state index in [9.17, 15) is 14.4 Å². The number of methoxy groups -OCH3 is 2. The summed E-state index contributed by atoms with van der Waals surface area (Å²) >= 11 is 6.31. The van der Waals surface area contributed by atoms with Gasteiger partial charge in [0.05, 0.1) is 19.9 Å². The fraction of sp³-hybridized carbons (Fsp3) is 0.346. The van der Waals surface area contributed by atoms with E-state index >= 15 is 0 Å². The van der Waals surface area contributed by atoms with Crippen LogP contribution in [0, 0.1) is 6.92 Å². The summed E-state index contributed by atoms with van der Waals surface area (Å²) in [6.45, 7) is 1.84. The molecule has 9 heteroatoms.